The highest BCUT2D eigenvalue weighted by atomic mass is 35.5. The summed E-state index contributed by atoms with van der Waals surface area (Å²) in [5, 5.41) is 8.22. The molecule has 30 heteroatoms. The topological polar surface area (TPSA) is 283 Å². The number of hydrogen-bond acceptors (Lipinski definition) is 14. The fourth-order valence-corrected chi connectivity index (χ4v) is 16.8. The Bertz CT molecular complexity index is 3280. The van der Waals surface area contributed by atoms with Crippen LogP contribution in [-0.4, -0.2) is 289 Å². The molecular formula is C75H115ClF3N13O13. The van der Waals surface area contributed by atoms with Gasteiger partial charge in [-0.25, -0.2) is 0 Å². The van der Waals surface area contributed by atoms with Gasteiger partial charge in [0.1, 0.15) is 47.8 Å². The number of ether oxygens (including phenoxy) is 1. The van der Waals surface area contributed by atoms with Crippen LogP contribution in [0.25, 0.3) is 0 Å². The van der Waals surface area contributed by atoms with E-state index in [1.165, 1.54) is 79.9 Å². The van der Waals surface area contributed by atoms with E-state index in [1.54, 1.807) is 11.8 Å². The highest BCUT2D eigenvalue weighted by Crippen LogP contribution is 2.39. The number of likely N-dealkylation sites (N-methyl/N-ethyl adjacent to an activating group) is 7. The number of rotatable bonds is 12. The zero-order chi connectivity index (χ0) is 76.9. The number of carbonyl (C=O) groups excluding carboxylic acids is 12. The van der Waals surface area contributed by atoms with Gasteiger partial charge in [0.25, 0.3) is 0 Å². The Balaban J connectivity index is 1.17. The quantitative estimate of drug-likeness (QED) is 0.250. The number of piperazine rings is 1. The summed E-state index contributed by atoms with van der Waals surface area (Å²) in [5.41, 5.74) is -2.36. The van der Waals surface area contributed by atoms with Gasteiger partial charge < -0.3 is 64.8 Å². The van der Waals surface area contributed by atoms with E-state index >= 15 is 28.8 Å². The predicted octanol–water partition coefficient (Wildman–Crippen LogP) is 4.95. The summed E-state index contributed by atoms with van der Waals surface area (Å²) in [6, 6.07) is -5.45. The zero-order valence-electron chi connectivity index (χ0n) is 63.6. The molecule has 7 aliphatic rings. The molecule has 4 heterocycles. The number of amides is 12. The first-order valence-corrected chi connectivity index (χ1v) is 38.5. The highest BCUT2D eigenvalue weighted by Gasteiger charge is 2.52. The third-order valence-corrected chi connectivity index (χ3v) is 23.8. The molecule has 8 rings (SSSR count). The molecule has 1 aromatic carbocycles. The van der Waals surface area contributed by atoms with E-state index in [0.29, 0.717) is 70.4 Å². The average Bonchev–Trinajstić information content (AvgIpc) is 1.76. The summed E-state index contributed by atoms with van der Waals surface area (Å²) in [7, 11) is 10.0. The number of fused-ring (bicyclic) bond motifs is 1. The van der Waals surface area contributed by atoms with Crippen LogP contribution in [0.4, 0.5) is 13.2 Å². The lowest BCUT2D eigenvalue weighted by Crippen LogP contribution is -2.65. The second kappa shape index (κ2) is 37.1. The van der Waals surface area contributed by atoms with Crippen molar-refractivity contribution < 1.29 is 75.4 Å². The second-order valence-electron chi connectivity index (χ2n) is 31.3. The Morgan fingerprint density at radius 2 is 1.25 bits per heavy atom. The maximum atomic E-state index is 16.0. The van der Waals surface area contributed by atoms with Gasteiger partial charge in [-0.15, -0.1) is 0 Å². The van der Waals surface area contributed by atoms with Crippen LogP contribution < -0.4 is 16.0 Å². The van der Waals surface area contributed by atoms with Crippen molar-refractivity contribution in [1.29, 1.82) is 0 Å². The van der Waals surface area contributed by atoms with Crippen LogP contribution in [0.5, 0.6) is 0 Å². The van der Waals surface area contributed by atoms with Gasteiger partial charge in [-0.2, -0.15) is 13.2 Å². The number of benzene rings is 1. The molecule has 1 spiro atoms. The summed E-state index contributed by atoms with van der Waals surface area (Å²) in [4.78, 5) is 195. The lowest BCUT2D eigenvalue weighted by molar-refractivity contribution is -0.157. The lowest BCUT2D eigenvalue weighted by Gasteiger charge is -2.45. The second-order valence-corrected chi connectivity index (χ2v) is 31.7. The minimum atomic E-state index is -4.76. The fourth-order valence-electron chi connectivity index (χ4n) is 16.5. The number of halogens is 4. The van der Waals surface area contributed by atoms with Gasteiger partial charge >= 0.3 is 6.18 Å². The van der Waals surface area contributed by atoms with Crippen LogP contribution in [0.3, 0.4) is 0 Å². The van der Waals surface area contributed by atoms with Crippen LogP contribution >= 0.6 is 11.6 Å². The van der Waals surface area contributed by atoms with Crippen LogP contribution in [0.1, 0.15) is 174 Å². The fraction of sp³-hybridized carbons (Fsp3) is 0.760. The molecule has 3 aliphatic carbocycles. The summed E-state index contributed by atoms with van der Waals surface area (Å²) in [6.45, 7) is 8.37. The van der Waals surface area contributed by atoms with Gasteiger partial charge in [0.2, 0.25) is 70.9 Å². The van der Waals surface area contributed by atoms with E-state index in [-0.39, 0.29) is 82.5 Å². The molecule has 3 N–H and O–H groups in total. The molecule has 12 amide bonds. The van der Waals surface area contributed by atoms with E-state index < -0.39 is 173 Å². The molecule has 4 aliphatic heterocycles. The monoisotopic (exact) mass is 1500 g/mol. The zero-order valence-corrected chi connectivity index (χ0v) is 64.3. The standard InChI is InChI=1S/C75H115ClF3N13O13/c1-12-48(4)64-71(102)85(7)43-62(95)83(5)44-63(96)87(9)58(40-49-22-15-13-16-23-49)69(100)84(6)42-60(93)80-55(30-28-50-27-29-53(54(76)39-50)75(77,78)79)68(99)92-33-21-26-56(92)67(98)82-74(31-19-20-32-74)73(104)89(11)65(51-24-17-14-18-25-51)72(103)88(10)59(41-61(94)86(8)57(38-47(2)3)66(97)81-64)70(101)91-36-34-90(35-37-91)52-45-105-46-52/h27,29,39,47-49,51-52,55-59,64-65H,12-26,28,30-38,40-46H2,1-11H3,(H,80,93)(H,81,97)(H,82,98)/t48-,55-,56-,57-,58-,59-,64-,65-/m0/s1. The average molecular weight is 1500 g/mol. The first kappa shape index (κ1) is 83.5. The van der Waals surface area contributed by atoms with Crippen molar-refractivity contribution in [3.63, 3.8) is 0 Å². The van der Waals surface area contributed by atoms with Crippen LogP contribution in [0, 0.1) is 23.7 Å². The van der Waals surface area contributed by atoms with E-state index in [0.717, 1.165) is 78.2 Å². The minimum absolute atomic E-state index is 0.0155. The van der Waals surface area contributed by atoms with Crippen molar-refractivity contribution in [1.82, 2.24) is 64.9 Å². The van der Waals surface area contributed by atoms with Crippen molar-refractivity contribution in [2.75, 3.05) is 115 Å². The van der Waals surface area contributed by atoms with Crippen LogP contribution in [0.15, 0.2) is 18.2 Å². The molecule has 0 radical (unpaired) electrons. The molecule has 0 aromatic heterocycles. The first-order valence-electron chi connectivity index (χ1n) is 38.1. The van der Waals surface area contributed by atoms with E-state index in [2.05, 4.69) is 20.9 Å². The molecule has 105 heavy (non-hydrogen) atoms. The van der Waals surface area contributed by atoms with E-state index in [1.807, 2.05) is 20.8 Å². The first-order chi connectivity index (χ1) is 49.7. The molecule has 26 nitrogen and oxygen atoms in total. The number of alkyl halides is 3. The third-order valence-electron chi connectivity index (χ3n) is 23.4. The summed E-state index contributed by atoms with van der Waals surface area (Å²) >= 11 is 6.18. The summed E-state index contributed by atoms with van der Waals surface area (Å²) in [5.74, 6) is -8.84. The van der Waals surface area contributed by atoms with E-state index in [9.17, 15) is 41.9 Å². The molecule has 0 bridgehead atoms. The predicted molar refractivity (Wildman–Crippen MR) is 386 cm³/mol. The molecule has 586 valence electrons. The van der Waals surface area contributed by atoms with Crippen molar-refractivity contribution in [2.45, 2.75) is 229 Å². The van der Waals surface area contributed by atoms with Crippen LogP contribution in [0.2, 0.25) is 5.02 Å². The number of carbonyl (C=O) groups is 12. The number of nitrogens with zero attached hydrogens (tertiary/aromatic N) is 10. The minimum Gasteiger partial charge on any atom is -0.378 e. The van der Waals surface area contributed by atoms with Gasteiger partial charge in [-0.3, -0.25) is 62.4 Å². The van der Waals surface area contributed by atoms with Crippen molar-refractivity contribution >= 4 is 82.5 Å². The highest BCUT2D eigenvalue weighted by molar-refractivity contribution is 6.31. The lowest BCUT2D eigenvalue weighted by atomic mass is 9.81. The Morgan fingerprint density at radius 1 is 0.638 bits per heavy atom. The Kier molecular flexibility index (Phi) is 29.5. The number of hydrogen-bond donors (Lipinski definition) is 3. The Hall–Kier alpha value is -7.14. The smallest absolute Gasteiger partial charge is 0.378 e. The number of nitrogens with one attached hydrogen (secondary N) is 3. The van der Waals surface area contributed by atoms with Gasteiger partial charge in [0, 0.05) is 82.1 Å². The Labute approximate surface area is 622 Å². The molecule has 3 saturated carbocycles. The summed E-state index contributed by atoms with van der Waals surface area (Å²) in [6.07, 6.45) is 4.68. The Morgan fingerprint density at radius 3 is 1.84 bits per heavy atom. The van der Waals surface area contributed by atoms with Gasteiger partial charge in [0.15, 0.2) is 0 Å². The number of aryl methyl sites for hydroxylation is 1. The third kappa shape index (κ3) is 20.8. The molecule has 0 unspecified atom stereocenters. The summed E-state index contributed by atoms with van der Waals surface area (Å²) < 4.78 is 47.2. The largest absolute Gasteiger partial charge is 0.417 e. The van der Waals surface area contributed by atoms with Crippen molar-refractivity contribution in [3.8, 4) is 0 Å². The van der Waals surface area contributed by atoms with Gasteiger partial charge in [0.05, 0.1) is 55.9 Å². The normalized spacial score (nSPS) is 27.3. The van der Waals surface area contributed by atoms with Crippen molar-refractivity contribution in [2.24, 2.45) is 23.7 Å². The molecule has 8 atom stereocenters. The molecule has 4 saturated heterocycles. The van der Waals surface area contributed by atoms with Crippen molar-refractivity contribution in [3.05, 3.63) is 34.3 Å². The maximum Gasteiger partial charge on any atom is 0.417 e. The van der Waals surface area contributed by atoms with Gasteiger partial charge in [-0.05, 0) is 106 Å². The van der Waals surface area contributed by atoms with Crippen LogP contribution in [-0.2, 0) is 74.9 Å². The van der Waals surface area contributed by atoms with E-state index in [4.69, 9.17) is 16.3 Å². The maximum absolute atomic E-state index is 16.0. The molecule has 1 aromatic rings. The SMILES string of the molecule is CC[C@H](C)[C@@H]1NC(=O)[C@H](CC(C)C)N(C)C(=O)C[C@@H](C(=O)N2CCN(C3COC3)CC2)N(C)C(=O)[C@H](C2CCCCC2)N(C)C(=O)C2(CCCC2)NC(=O)[C@@H]2CCCN2C(=O)[C@H](CCc2ccc(C(F)(F)F)c(Cl)c2)NC(=O)CN(C)C(=O)[C@H](CC2CCCCC2)N(C)C(=O)CN(C)C(=O)CN(C)C1=O. The molecule has 7 fully saturated rings. The molecular weight excluding hydrogens is 1380 g/mol. The van der Waals surface area contributed by atoms with Gasteiger partial charge in [-0.1, -0.05) is 116 Å².